The molecule has 0 spiro atoms. The molecular formula is C12H10ClN3S. The molecular weight excluding hydrogens is 254 g/mol. The molecule has 3 aromatic rings. The van der Waals surface area contributed by atoms with Gasteiger partial charge in [-0.3, -0.25) is 0 Å². The number of hydrogen-bond acceptors (Lipinski definition) is 3. The van der Waals surface area contributed by atoms with Gasteiger partial charge in [-0.25, -0.2) is 9.97 Å². The highest BCUT2D eigenvalue weighted by molar-refractivity contribution is 7.13. The molecule has 17 heavy (non-hydrogen) atoms. The van der Waals surface area contributed by atoms with Crippen molar-refractivity contribution in [2.45, 2.75) is 6.92 Å². The average Bonchev–Trinajstić information content (AvgIpc) is 2.91. The van der Waals surface area contributed by atoms with Gasteiger partial charge < -0.3 is 4.57 Å². The predicted molar refractivity (Wildman–Crippen MR) is 71.6 cm³/mol. The smallest absolute Gasteiger partial charge is 0.171 e. The summed E-state index contributed by atoms with van der Waals surface area (Å²) < 4.78 is 1.88. The number of nitrogens with zero attached hydrogens (tertiary/aromatic N) is 3. The summed E-state index contributed by atoms with van der Waals surface area (Å²) in [6, 6.07) is 5.93. The highest BCUT2D eigenvalue weighted by atomic mass is 35.5. The zero-order valence-electron chi connectivity index (χ0n) is 9.44. The van der Waals surface area contributed by atoms with E-state index in [1.54, 1.807) is 11.3 Å². The Labute approximate surface area is 108 Å². The number of rotatable bonds is 1. The maximum absolute atomic E-state index is 6.10. The van der Waals surface area contributed by atoms with Crippen molar-refractivity contribution in [3.05, 3.63) is 34.4 Å². The molecule has 0 saturated heterocycles. The van der Waals surface area contributed by atoms with Gasteiger partial charge in [-0.1, -0.05) is 17.7 Å². The lowest BCUT2D eigenvalue weighted by Gasteiger charge is -2.02. The average molecular weight is 264 g/mol. The second kappa shape index (κ2) is 3.82. The second-order valence-electron chi connectivity index (χ2n) is 3.87. The van der Waals surface area contributed by atoms with Gasteiger partial charge in [0, 0.05) is 12.4 Å². The lowest BCUT2D eigenvalue weighted by Crippen LogP contribution is -1.95. The van der Waals surface area contributed by atoms with Gasteiger partial charge in [-0.2, -0.15) is 0 Å². The van der Waals surface area contributed by atoms with Gasteiger partial charge in [0.2, 0.25) is 0 Å². The van der Waals surface area contributed by atoms with Crippen molar-refractivity contribution in [3.8, 4) is 10.7 Å². The first-order valence-electron chi connectivity index (χ1n) is 5.20. The zero-order valence-corrected chi connectivity index (χ0v) is 11.0. The summed E-state index contributed by atoms with van der Waals surface area (Å²) in [6.07, 6.45) is 0. The number of hydrogen-bond donors (Lipinski definition) is 0. The summed E-state index contributed by atoms with van der Waals surface area (Å²) in [4.78, 5) is 10.2. The Morgan fingerprint density at radius 1 is 1.35 bits per heavy atom. The van der Waals surface area contributed by atoms with Crippen LogP contribution in [0.5, 0.6) is 0 Å². The van der Waals surface area contributed by atoms with Crippen molar-refractivity contribution in [1.82, 2.24) is 14.5 Å². The lowest BCUT2D eigenvalue weighted by molar-refractivity contribution is 0.944. The summed E-state index contributed by atoms with van der Waals surface area (Å²) >= 11 is 7.74. The highest BCUT2D eigenvalue weighted by Gasteiger charge is 2.12. The quantitative estimate of drug-likeness (QED) is 0.671. The van der Waals surface area contributed by atoms with E-state index in [2.05, 4.69) is 9.97 Å². The number of halogens is 1. The van der Waals surface area contributed by atoms with Crippen molar-refractivity contribution >= 4 is 34.0 Å². The van der Waals surface area contributed by atoms with Crippen LogP contribution >= 0.6 is 22.9 Å². The zero-order chi connectivity index (χ0) is 12.0. The van der Waals surface area contributed by atoms with E-state index >= 15 is 0 Å². The van der Waals surface area contributed by atoms with E-state index in [4.69, 9.17) is 11.6 Å². The molecule has 3 heterocycles. The van der Waals surface area contributed by atoms with Crippen molar-refractivity contribution in [2.75, 3.05) is 0 Å². The normalized spacial score (nSPS) is 11.2. The maximum atomic E-state index is 6.10. The molecule has 0 bridgehead atoms. The minimum absolute atomic E-state index is 0.681. The van der Waals surface area contributed by atoms with Gasteiger partial charge in [-0.05, 0) is 24.4 Å². The van der Waals surface area contributed by atoms with Crippen molar-refractivity contribution in [2.24, 2.45) is 7.05 Å². The fourth-order valence-corrected chi connectivity index (χ4v) is 2.67. The molecule has 0 radical (unpaired) electrons. The molecule has 0 saturated carbocycles. The standard InChI is InChI=1S/C12H10ClN3S/c1-7-8-6-10(13)16(2)12(8)15-11(14-7)9-4-3-5-17-9/h3-6H,1-2H3. The third-order valence-electron chi connectivity index (χ3n) is 2.76. The van der Waals surface area contributed by atoms with E-state index in [9.17, 15) is 0 Å². The molecule has 3 nitrogen and oxygen atoms in total. The van der Waals surface area contributed by atoms with Crippen LogP contribution in [0, 0.1) is 6.92 Å². The van der Waals surface area contributed by atoms with Gasteiger partial charge in [0.25, 0.3) is 0 Å². The Balaban J connectivity index is 2.33. The van der Waals surface area contributed by atoms with E-state index in [0.29, 0.717) is 5.15 Å². The minimum atomic E-state index is 0.681. The number of aryl methyl sites for hydroxylation is 2. The third-order valence-corrected chi connectivity index (χ3v) is 3.99. The number of thiophene rings is 1. The first-order chi connectivity index (χ1) is 8.16. The molecule has 0 fully saturated rings. The molecule has 0 aromatic carbocycles. The molecule has 5 heteroatoms. The summed E-state index contributed by atoms with van der Waals surface area (Å²) in [5, 5.41) is 3.72. The molecule has 0 unspecified atom stereocenters. The lowest BCUT2D eigenvalue weighted by atomic mass is 10.3. The van der Waals surface area contributed by atoms with Crippen LogP contribution < -0.4 is 0 Å². The monoisotopic (exact) mass is 263 g/mol. The van der Waals surface area contributed by atoms with Gasteiger partial charge >= 0.3 is 0 Å². The van der Waals surface area contributed by atoms with Gasteiger partial charge in [0.15, 0.2) is 5.82 Å². The van der Waals surface area contributed by atoms with Crippen LogP contribution in [0.15, 0.2) is 23.6 Å². The van der Waals surface area contributed by atoms with E-state index in [0.717, 1.165) is 27.4 Å². The molecule has 3 rings (SSSR count). The second-order valence-corrected chi connectivity index (χ2v) is 5.21. The summed E-state index contributed by atoms with van der Waals surface area (Å²) in [5.74, 6) is 0.767. The Bertz CT molecular complexity index is 685. The SMILES string of the molecule is Cc1nc(-c2cccs2)nc2c1cc(Cl)n2C. The van der Waals surface area contributed by atoms with E-state index in [1.165, 1.54) is 0 Å². The molecule has 3 aromatic heterocycles. The molecule has 0 aliphatic carbocycles. The van der Waals surface area contributed by atoms with Crippen LogP contribution in [0.3, 0.4) is 0 Å². The summed E-state index contributed by atoms with van der Waals surface area (Å²) in [5.41, 5.74) is 1.84. The summed E-state index contributed by atoms with van der Waals surface area (Å²) in [6.45, 7) is 1.98. The number of fused-ring (bicyclic) bond motifs is 1. The van der Waals surface area contributed by atoms with Crippen molar-refractivity contribution < 1.29 is 0 Å². The molecule has 0 aliphatic rings. The van der Waals surface area contributed by atoms with Gasteiger partial charge in [0.05, 0.1) is 10.6 Å². The maximum Gasteiger partial charge on any atom is 0.171 e. The van der Waals surface area contributed by atoms with E-state index in [1.807, 2.05) is 42.1 Å². The van der Waals surface area contributed by atoms with E-state index < -0.39 is 0 Å². The Kier molecular flexibility index (Phi) is 2.42. The first kappa shape index (κ1) is 10.7. The van der Waals surface area contributed by atoms with Crippen molar-refractivity contribution in [1.29, 1.82) is 0 Å². The first-order valence-corrected chi connectivity index (χ1v) is 6.46. The van der Waals surface area contributed by atoms with Gasteiger partial charge in [-0.15, -0.1) is 11.3 Å². The van der Waals surface area contributed by atoms with Crippen LogP contribution in [0.25, 0.3) is 21.7 Å². The fraction of sp³-hybridized carbons (Fsp3) is 0.167. The number of aromatic nitrogens is 3. The largest absolute Gasteiger partial charge is 0.319 e. The highest BCUT2D eigenvalue weighted by Crippen LogP contribution is 2.27. The third kappa shape index (κ3) is 1.64. The predicted octanol–water partition coefficient (Wildman–Crippen LogP) is 3.66. The molecule has 0 N–H and O–H groups in total. The topological polar surface area (TPSA) is 30.7 Å². The minimum Gasteiger partial charge on any atom is -0.319 e. The Hall–Kier alpha value is -1.39. The van der Waals surface area contributed by atoms with Gasteiger partial charge in [0.1, 0.15) is 10.8 Å². The van der Waals surface area contributed by atoms with E-state index in [-0.39, 0.29) is 0 Å². The van der Waals surface area contributed by atoms with Crippen LogP contribution in [-0.4, -0.2) is 14.5 Å². The molecule has 86 valence electrons. The Morgan fingerprint density at radius 2 is 2.18 bits per heavy atom. The molecule has 0 aliphatic heterocycles. The van der Waals surface area contributed by atoms with Crippen molar-refractivity contribution in [3.63, 3.8) is 0 Å². The fourth-order valence-electron chi connectivity index (χ4n) is 1.82. The summed E-state index contributed by atoms with van der Waals surface area (Å²) in [7, 11) is 1.91. The van der Waals surface area contributed by atoms with Crippen LogP contribution in [-0.2, 0) is 7.05 Å². The van der Waals surface area contributed by atoms with Crippen LogP contribution in [0.4, 0.5) is 0 Å². The van der Waals surface area contributed by atoms with Crippen LogP contribution in [0.1, 0.15) is 5.69 Å². The van der Waals surface area contributed by atoms with Crippen LogP contribution in [0.2, 0.25) is 5.15 Å². The Morgan fingerprint density at radius 3 is 2.88 bits per heavy atom. The molecule has 0 atom stereocenters. The molecule has 0 amide bonds.